The number of ether oxygens (including phenoxy) is 3. The molecule has 0 aliphatic carbocycles. The molecule has 4 rings (SSSR count). The van der Waals surface area contributed by atoms with Crippen molar-refractivity contribution in [3.63, 3.8) is 0 Å². The topological polar surface area (TPSA) is 135 Å². The van der Waals surface area contributed by atoms with Crippen molar-refractivity contribution in [3.05, 3.63) is 70.7 Å². The molecule has 1 amide bonds. The fourth-order valence-electron chi connectivity index (χ4n) is 2.94. The lowest BCUT2D eigenvalue weighted by molar-refractivity contribution is 0.0519. The molecule has 2 heterocycles. The van der Waals surface area contributed by atoms with Gasteiger partial charge in [-0.15, -0.1) is 12.4 Å². The molecule has 2 aromatic heterocycles. The molecule has 10 nitrogen and oxygen atoms in total. The van der Waals surface area contributed by atoms with Crippen LogP contribution in [0.4, 0.5) is 4.79 Å². The number of carbonyl (C=O) groups is 1. The van der Waals surface area contributed by atoms with Gasteiger partial charge in [-0.25, -0.2) is 4.79 Å². The van der Waals surface area contributed by atoms with Crippen LogP contribution in [0.1, 0.15) is 20.8 Å². The first-order valence-electron chi connectivity index (χ1n) is 12.0. The lowest BCUT2D eigenvalue weighted by atomic mass is 10.2. The number of nitrogens with zero attached hydrogens (tertiary/aromatic N) is 2. The Balaban J connectivity index is 0.000000290. The number of nitrogens with two attached hydrogens (primary N) is 1. The minimum absolute atomic E-state index is 0. The first-order chi connectivity index (χ1) is 18.6. The van der Waals surface area contributed by atoms with Gasteiger partial charge in [0.15, 0.2) is 11.5 Å². The Morgan fingerprint density at radius 2 is 1.30 bits per heavy atom. The molecule has 0 saturated heterocycles. The van der Waals surface area contributed by atoms with Crippen molar-refractivity contribution < 1.29 is 28.1 Å². The fourth-order valence-corrected chi connectivity index (χ4v) is 3.19. The van der Waals surface area contributed by atoms with E-state index in [-0.39, 0.29) is 19.0 Å². The maximum atomic E-state index is 11.5. The molecule has 40 heavy (non-hydrogen) atoms. The third-order valence-electron chi connectivity index (χ3n) is 4.62. The van der Waals surface area contributed by atoms with Gasteiger partial charge in [0.1, 0.15) is 18.8 Å². The summed E-state index contributed by atoms with van der Waals surface area (Å²) >= 11 is 11.6. The van der Waals surface area contributed by atoms with Crippen molar-refractivity contribution >= 4 is 41.7 Å². The summed E-state index contributed by atoms with van der Waals surface area (Å²) in [5.41, 5.74) is 6.54. The van der Waals surface area contributed by atoms with Crippen LogP contribution in [0, 0.1) is 0 Å². The van der Waals surface area contributed by atoms with Gasteiger partial charge in [-0.05, 0) is 79.6 Å². The normalized spacial score (nSPS) is 10.6. The molecule has 4 aromatic rings. The lowest BCUT2D eigenvalue weighted by Crippen LogP contribution is -2.34. The van der Waals surface area contributed by atoms with E-state index in [1.807, 2.05) is 24.3 Å². The van der Waals surface area contributed by atoms with Crippen LogP contribution in [0.25, 0.3) is 22.6 Å². The molecule has 0 saturated carbocycles. The lowest BCUT2D eigenvalue weighted by Gasteiger charge is -2.19. The molecular weight excluding hydrogens is 583 g/mol. The molecule has 0 radical (unpaired) electrons. The first kappa shape index (κ1) is 32.8. The molecule has 0 aliphatic rings. The molecular formula is C27H31Cl3N4O6. The van der Waals surface area contributed by atoms with Crippen LogP contribution >= 0.6 is 35.6 Å². The van der Waals surface area contributed by atoms with Gasteiger partial charge < -0.3 is 34.3 Å². The Kier molecular flexibility index (Phi) is 13.1. The van der Waals surface area contributed by atoms with E-state index in [0.717, 1.165) is 11.1 Å². The molecule has 0 fully saturated rings. The number of halogens is 3. The second-order valence-corrected chi connectivity index (χ2v) is 9.86. The minimum Gasteiger partial charge on any atom is -0.474 e. The van der Waals surface area contributed by atoms with Crippen molar-refractivity contribution in [3.8, 4) is 34.4 Å². The van der Waals surface area contributed by atoms with Gasteiger partial charge in [0.2, 0.25) is 0 Å². The SMILES string of the molecule is CC(C)(C)OC(=O)NCCOc1cc(-c2ccc(Cl)cc2)on1.Cl.NCCOc1cc(-c2ccc(Cl)cc2)on1. The van der Waals surface area contributed by atoms with Crippen LogP contribution in [0.5, 0.6) is 11.8 Å². The summed E-state index contributed by atoms with van der Waals surface area (Å²) in [5, 5.41) is 11.5. The number of carbonyl (C=O) groups excluding carboxylic acids is 1. The summed E-state index contributed by atoms with van der Waals surface area (Å²) in [6.45, 7) is 6.84. The quantitative estimate of drug-likeness (QED) is 0.199. The number of benzene rings is 2. The average Bonchev–Trinajstić information content (AvgIpc) is 3.56. The van der Waals surface area contributed by atoms with E-state index in [1.165, 1.54) is 0 Å². The zero-order valence-electron chi connectivity index (χ0n) is 22.2. The highest BCUT2D eigenvalue weighted by Gasteiger charge is 2.15. The van der Waals surface area contributed by atoms with Gasteiger partial charge in [-0.3, -0.25) is 0 Å². The number of amides is 1. The summed E-state index contributed by atoms with van der Waals surface area (Å²) < 4.78 is 26.1. The highest BCUT2D eigenvalue weighted by atomic mass is 35.5. The Labute approximate surface area is 248 Å². The zero-order valence-corrected chi connectivity index (χ0v) is 24.5. The Bertz CT molecular complexity index is 1310. The predicted octanol–water partition coefficient (Wildman–Crippen LogP) is 6.65. The second kappa shape index (κ2) is 16.0. The Hall–Kier alpha value is -3.44. The van der Waals surface area contributed by atoms with Crippen LogP contribution in [0.15, 0.2) is 69.7 Å². The van der Waals surface area contributed by atoms with Gasteiger partial charge >= 0.3 is 6.09 Å². The zero-order chi connectivity index (χ0) is 28.3. The smallest absolute Gasteiger partial charge is 0.407 e. The summed E-state index contributed by atoms with van der Waals surface area (Å²) in [6, 6.07) is 17.9. The van der Waals surface area contributed by atoms with Crippen molar-refractivity contribution in [2.75, 3.05) is 26.3 Å². The molecule has 2 aromatic carbocycles. The van der Waals surface area contributed by atoms with E-state index in [0.29, 0.717) is 53.0 Å². The van der Waals surface area contributed by atoms with Crippen molar-refractivity contribution in [2.45, 2.75) is 26.4 Å². The van der Waals surface area contributed by atoms with Crippen molar-refractivity contribution in [1.82, 2.24) is 15.6 Å². The van der Waals surface area contributed by atoms with Crippen molar-refractivity contribution in [2.24, 2.45) is 5.73 Å². The predicted molar refractivity (Wildman–Crippen MR) is 155 cm³/mol. The number of alkyl carbamates (subject to hydrolysis) is 1. The third-order valence-corrected chi connectivity index (χ3v) is 5.13. The number of aromatic nitrogens is 2. The molecule has 0 bridgehead atoms. The maximum Gasteiger partial charge on any atom is 0.407 e. The monoisotopic (exact) mass is 612 g/mol. The van der Waals surface area contributed by atoms with Crippen LogP contribution in [0.3, 0.4) is 0 Å². The van der Waals surface area contributed by atoms with Crippen molar-refractivity contribution in [1.29, 1.82) is 0 Å². The highest BCUT2D eigenvalue weighted by molar-refractivity contribution is 6.30. The van der Waals surface area contributed by atoms with E-state index >= 15 is 0 Å². The summed E-state index contributed by atoms with van der Waals surface area (Å²) in [7, 11) is 0. The number of hydrogen-bond donors (Lipinski definition) is 2. The molecule has 0 unspecified atom stereocenters. The van der Waals surface area contributed by atoms with Gasteiger partial charge in [0.25, 0.3) is 11.8 Å². The van der Waals surface area contributed by atoms with Crippen LogP contribution in [0.2, 0.25) is 10.0 Å². The number of hydrogen-bond acceptors (Lipinski definition) is 9. The first-order valence-corrected chi connectivity index (χ1v) is 12.8. The summed E-state index contributed by atoms with van der Waals surface area (Å²) in [6.07, 6.45) is -0.483. The number of nitrogens with one attached hydrogen (secondary N) is 1. The van der Waals surface area contributed by atoms with Crippen LogP contribution in [-0.2, 0) is 4.74 Å². The minimum atomic E-state index is -0.523. The second-order valence-electron chi connectivity index (χ2n) is 8.99. The Morgan fingerprint density at radius 3 is 1.73 bits per heavy atom. The van der Waals surface area contributed by atoms with E-state index in [4.69, 9.17) is 52.2 Å². The summed E-state index contributed by atoms with van der Waals surface area (Å²) in [4.78, 5) is 11.5. The molecule has 0 spiro atoms. The third kappa shape index (κ3) is 11.4. The largest absolute Gasteiger partial charge is 0.474 e. The van der Waals surface area contributed by atoms with E-state index in [9.17, 15) is 4.79 Å². The molecule has 0 aliphatic heterocycles. The van der Waals surface area contributed by atoms with E-state index < -0.39 is 11.7 Å². The maximum absolute atomic E-state index is 11.5. The van der Waals surface area contributed by atoms with Crippen LogP contribution < -0.4 is 20.5 Å². The van der Waals surface area contributed by atoms with Gasteiger partial charge in [0, 0.05) is 39.8 Å². The number of rotatable bonds is 9. The van der Waals surface area contributed by atoms with Gasteiger partial charge in [-0.2, -0.15) is 0 Å². The molecule has 3 N–H and O–H groups in total. The molecule has 0 atom stereocenters. The fraction of sp³-hybridized carbons (Fsp3) is 0.296. The van der Waals surface area contributed by atoms with Gasteiger partial charge in [0.05, 0.1) is 6.54 Å². The highest BCUT2D eigenvalue weighted by Crippen LogP contribution is 2.26. The molecule has 216 valence electrons. The average molecular weight is 614 g/mol. The molecule has 13 heteroatoms. The van der Waals surface area contributed by atoms with Gasteiger partial charge in [-0.1, -0.05) is 23.2 Å². The van der Waals surface area contributed by atoms with E-state index in [2.05, 4.69) is 15.6 Å². The summed E-state index contributed by atoms with van der Waals surface area (Å²) in [5.74, 6) is 2.01. The Morgan fingerprint density at radius 1 is 0.850 bits per heavy atom. The standard InChI is InChI=1S/C16H19ClN2O4.C11H11ClN2O2.ClH/c1-16(2,3)22-15(20)18-8-9-21-14-10-13(23-19-14)11-4-6-12(17)7-5-11;12-9-3-1-8(2-4-9)10-7-11(14-16-10)15-6-5-13;/h4-7,10H,8-9H2,1-3H3,(H,18,20);1-4,7H,5-6,13H2;1H. The van der Waals surface area contributed by atoms with Crippen LogP contribution in [-0.4, -0.2) is 48.3 Å². The van der Waals surface area contributed by atoms with E-state index in [1.54, 1.807) is 57.2 Å².